The van der Waals surface area contributed by atoms with Crippen LogP contribution in [0.2, 0.25) is 5.02 Å². The molecule has 0 unspecified atom stereocenters. The Bertz CT molecular complexity index is 1220. The average molecular weight is 560 g/mol. The lowest BCUT2D eigenvalue weighted by atomic mass is 10.1. The maximum Gasteiger partial charge on any atom is 0.322 e. The maximum atomic E-state index is 13.6. The highest BCUT2D eigenvalue weighted by molar-refractivity contribution is 7.10. The number of amides is 3. The summed E-state index contributed by atoms with van der Waals surface area (Å²) in [7, 11) is 4.75. The molecule has 1 heterocycles. The number of nitrogens with zero attached hydrogens (tertiary/aromatic N) is 2. The highest BCUT2D eigenvalue weighted by Crippen LogP contribution is 2.28. The van der Waals surface area contributed by atoms with E-state index in [9.17, 15) is 9.59 Å². The zero-order valence-corrected chi connectivity index (χ0v) is 23.7. The van der Waals surface area contributed by atoms with E-state index in [2.05, 4.69) is 5.32 Å². The van der Waals surface area contributed by atoms with Crippen LogP contribution in [0.3, 0.4) is 0 Å². The van der Waals surface area contributed by atoms with Crippen molar-refractivity contribution in [2.75, 3.05) is 52.9 Å². The van der Waals surface area contributed by atoms with Crippen molar-refractivity contribution in [1.82, 2.24) is 9.80 Å². The molecule has 0 saturated carbocycles. The number of urea groups is 1. The summed E-state index contributed by atoms with van der Waals surface area (Å²) >= 11 is 7.67. The van der Waals surface area contributed by atoms with E-state index in [0.29, 0.717) is 48.3 Å². The largest absolute Gasteiger partial charge is 0.493 e. The molecule has 0 spiro atoms. The number of nitrogens with one attached hydrogen (secondary N) is 1. The second-order valence-electron chi connectivity index (χ2n) is 8.64. The maximum absolute atomic E-state index is 13.6. The van der Waals surface area contributed by atoms with Crippen LogP contribution >= 0.6 is 22.9 Å². The Kier molecular flexibility index (Phi) is 11.3. The number of thiophene rings is 1. The van der Waals surface area contributed by atoms with Crippen LogP contribution in [0.5, 0.6) is 11.5 Å². The first kappa shape index (κ1) is 29.3. The van der Waals surface area contributed by atoms with Crippen molar-refractivity contribution in [3.05, 3.63) is 74.9 Å². The third-order valence-corrected chi connectivity index (χ3v) is 7.27. The van der Waals surface area contributed by atoms with Crippen LogP contribution in [0.15, 0.2) is 53.9 Å². The molecule has 0 aliphatic carbocycles. The van der Waals surface area contributed by atoms with Gasteiger partial charge in [0.15, 0.2) is 11.5 Å². The van der Waals surface area contributed by atoms with Gasteiger partial charge in [-0.1, -0.05) is 23.7 Å². The molecule has 204 valence electrons. The molecule has 3 amide bonds. The van der Waals surface area contributed by atoms with Crippen LogP contribution < -0.4 is 14.8 Å². The van der Waals surface area contributed by atoms with Gasteiger partial charge in [-0.25, -0.2) is 4.79 Å². The Morgan fingerprint density at radius 3 is 2.42 bits per heavy atom. The predicted molar refractivity (Wildman–Crippen MR) is 152 cm³/mol. The molecule has 38 heavy (non-hydrogen) atoms. The summed E-state index contributed by atoms with van der Waals surface area (Å²) in [6, 6.07) is 14.3. The van der Waals surface area contributed by atoms with Gasteiger partial charge in [0.2, 0.25) is 5.91 Å². The molecule has 1 aromatic heterocycles. The van der Waals surface area contributed by atoms with E-state index >= 15 is 0 Å². The van der Waals surface area contributed by atoms with Gasteiger partial charge < -0.3 is 29.3 Å². The minimum Gasteiger partial charge on any atom is -0.493 e. The number of hydrogen-bond acceptors (Lipinski definition) is 6. The van der Waals surface area contributed by atoms with Gasteiger partial charge in [-0.2, -0.15) is 0 Å². The highest BCUT2D eigenvalue weighted by Gasteiger charge is 2.23. The Morgan fingerprint density at radius 2 is 1.76 bits per heavy atom. The first-order valence-electron chi connectivity index (χ1n) is 12.2. The lowest BCUT2D eigenvalue weighted by molar-refractivity contribution is -0.132. The molecular formula is C28H34ClN3O5S. The van der Waals surface area contributed by atoms with Gasteiger partial charge in [0, 0.05) is 35.8 Å². The van der Waals surface area contributed by atoms with E-state index in [0.717, 1.165) is 16.0 Å². The first-order chi connectivity index (χ1) is 18.3. The van der Waals surface area contributed by atoms with Crippen LogP contribution in [0.4, 0.5) is 10.5 Å². The summed E-state index contributed by atoms with van der Waals surface area (Å²) in [5.74, 6) is 1.13. The molecule has 0 atom stereocenters. The molecule has 8 nitrogen and oxygen atoms in total. The van der Waals surface area contributed by atoms with E-state index in [1.165, 1.54) is 4.90 Å². The number of hydrogen-bond donors (Lipinski definition) is 1. The predicted octanol–water partition coefficient (Wildman–Crippen LogP) is 5.48. The van der Waals surface area contributed by atoms with E-state index in [-0.39, 0.29) is 19.0 Å². The Hall–Kier alpha value is -3.27. The summed E-state index contributed by atoms with van der Waals surface area (Å²) in [4.78, 5) is 31.1. The number of benzene rings is 2. The van der Waals surface area contributed by atoms with Gasteiger partial charge in [-0.05, 0) is 66.2 Å². The van der Waals surface area contributed by atoms with E-state index in [4.69, 9.17) is 25.8 Å². The zero-order valence-electron chi connectivity index (χ0n) is 22.2. The van der Waals surface area contributed by atoms with Crippen molar-refractivity contribution >= 4 is 40.6 Å². The molecule has 3 aromatic rings. The quantitative estimate of drug-likeness (QED) is 0.300. The molecule has 0 radical (unpaired) electrons. The van der Waals surface area contributed by atoms with Gasteiger partial charge >= 0.3 is 6.03 Å². The van der Waals surface area contributed by atoms with Gasteiger partial charge in [0.1, 0.15) is 6.54 Å². The lowest BCUT2D eigenvalue weighted by Gasteiger charge is -2.28. The first-order valence-corrected chi connectivity index (χ1v) is 13.4. The fourth-order valence-electron chi connectivity index (χ4n) is 3.82. The molecule has 10 heteroatoms. The minimum absolute atomic E-state index is 0.0912. The van der Waals surface area contributed by atoms with Crippen LogP contribution in [-0.4, -0.2) is 69.3 Å². The molecule has 0 saturated heterocycles. The zero-order chi connectivity index (χ0) is 27.5. The molecule has 1 N–H and O–H groups in total. The second-order valence-corrected chi connectivity index (χ2v) is 10.1. The van der Waals surface area contributed by atoms with Crippen LogP contribution in [-0.2, 0) is 22.5 Å². The second kappa shape index (κ2) is 14.6. The number of ether oxygens (including phenoxy) is 3. The van der Waals surface area contributed by atoms with E-state index in [1.807, 2.05) is 36.6 Å². The molecule has 3 rings (SSSR count). The topological polar surface area (TPSA) is 80.3 Å². The minimum atomic E-state index is -0.398. The summed E-state index contributed by atoms with van der Waals surface area (Å²) in [6.07, 6.45) is 0.614. The summed E-state index contributed by atoms with van der Waals surface area (Å²) in [5.41, 5.74) is 2.70. The Morgan fingerprint density at radius 1 is 0.974 bits per heavy atom. The number of rotatable bonds is 13. The van der Waals surface area contributed by atoms with Gasteiger partial charge in [-0.3, -0.25) is 4.79 Å². The molecule has 0 aliphatic rings. The Balaban J connectivity index is 1.76. The van der Waals surface area contributed by atoms with Crippen LogP contribution in [0, 0.1) is 6.92 Å². The van der Waals surface area contributed by atoms with Crippen LogP contribution in [0.1, 0.15) is 16.0 Å². The highest BCUT2D eigenvalue weighted by atomic mass is 35.5. The number of methoxy groups -OCH3 is 3. The summed E-state index contributed by atoms with van der Waals surface area (Å²) in [6.45, 7) is 3.43. The van der Waals surface area contributed by atoms with Crippen molar-refractivity contribution < 1.29 is 23.8 Å². The third-order valence-electron chi connectivity index (χ3n) is 6.03. The van der Waals surface area contributed by atoms with Crippen molar-refractivity contribution in [2.24, 2.45) is 0 Å². The average Bonchev–Trinajstić information content (AvgIpc) is 3.32. The monoisotopic (exact) mass is 559 g/mol. The number of halogens is 1. The summed E-state index contributed by atoms with van der Waals surface area (Å²) in [5, 5.41) is 5.35. The van der Waals surface area contributed by atoms with Crippen molar-refractivity contribution in [3.8, 4) is 11.5 Å². The number of carbonyl (C=O) groups is 2. The van der Waals surface area contributed by atoms with E-state index in [1.54, 1.807) is 61.8 Å². The normalized spacial score (nSPS) is 10.7. The SMILES string of the molecule is COCCN(CC(=O)N(CCc1ccc(OC)c(OC)c1)Cc1sccc1C)C(=O)Nc1cccc(Cl)c1. The van der Waals surface area contributed by atoms with Crippen molar-refractivity contribution in [3.63, 3.8) is 0 Å². The molecular weight excluding hydrogens is 526 g/mol. The molecule has 0 aliphatic heterocycles. The standard InChI is InChI=1S/C28H34ClN3O5S/c1-20-11-15-38-26(20)18-31(12-10-21-8-9-24(36-3)25(16-21)37-4)27(33)19-32(13-14-35-2)28(34)30-23-7-5-6-22(29)17-23/h5-9,11,15-17H,10,12-14,18-19H2,1-4H3,(H,30,34). The van der Waals surface area contributed by atoms with Gasteiger partial charge in [-0.15, -0.1) is 11.3 Å². The molecule has 0 fully saturated rings. The molecule has 2 aromatic carbocycles. The van der Waals surface area contributed by atoms with Crippen molar-refractivity contribution in [1.29, 1.82) is 0 Å². The Labute approximate surface area is 233 Å². The third kappa shape index (κ3) is 8.37. The molecule has 0 bridgehead atoms. The van der Waals surface area contributed by atoms with E-state index < -0.39 is 6.03 Å². The number of anilines is 1. The van der Waals surface area contributed by atoms with Gasteiger partial charge in [0.25, 0.3) is 0 Å². The fourth-order valence-corrected chi connectivity index (χ4v) is 4.93. The number of aryl methyl sites for hydroxylation is 1. The van der Waals surface area contributed by atoms with Crippen molar-refractivity contribution in [2.45, 2.75) is 19.9 Å². The fraction of sp³-hybridized carbons (Fsp3) is 0.357. The number of carbonyl (C=O) groups excluding carboxylic acids is 2. The van der Waals surface area contributed by atoms with Crippen LogP contribution in [0.25, 0.3) is 0 Å². The lowest BCUT2D eigenvalue weighted by Crippen LogP contribution is -2.46. The van der Waals surface area contributed by atoms with Gasteiger partial charge in [0.05, 0.1) is 27.4 Å². The smallest absolute Gasteiger partial charge is 0.322 e. The summed E-state index contributed by atoms with van der Waals surface area (Å²) < 4.78 is 16.0.